The van der Waals surface area contributed by atoms with Gasteiger partial charge in [0.15, 0.2) is 0 Å². The van der Waals surface area contributed by atoms with Crippen molar-refractivity contribution < 1.29 is 15.0 Å². The Bertz CT molecular complexity index is 242. The summed E-state index contributed by atoms with van der Waals surface area (Å²) >= 11 is 0. The molecule has 2 aliphatic rings. The molecule has 2 N–H and O–H groups in total. The van der Waals surface area contributed by atoms with Crippen molar-refractivity contribution in [2.24, 2.45) is 4.99 Å². The van der Waals surface area contributed by atoms with Gasteiger partial charge in [0.1, 0.15) is 0 Å². The first-order valence-electron chi connectivity index (χ1n) is 5.40. The van der Waals surface area contributed by atoms with Gasteiger partial charge in [-0.1, -0.05) is 6.42 Å². The Morgan fingerprint density at radius 3 is 2.44 bits per heavy atom. The van der Waals surface area contributed by atoms with E-state index in [-0.39, 0.29) is 68.9 Å². The standard InChI is InChI=1S/C9H16N2.CH2O3.Cs.H/c1-2-5-9-10-6-4-8-11(9)7-3-1;2-1(3)4;;/h1-8H2;(H2,2,3,4);;. The van der Waals surface area contributed by atoms with Crippen molar-refractivity contribution in [3.63, 3.8) is 0 Å². The Morgan fingerprint density at radius 1 is 1.12 bits per heavy atom. The van der Waals surface area contributed by atoms with E-state index in [4.69, 9.17) is 15.0 Å². The van der Waals surface area contributed by atoms with E-state index in [0.717, 1.165) is 6.54 Å². The average molecular weight is 348 g/mol. The summed E-state index contributed by atoms with van der Waals surface area (Å²) in [5.74, 6) is 1.40. The van der Waals surface area contributed by atoms with Crippen molar-refractivity contribution in [1.82, 2.24) is 4.90 Å². The first-order valence-corrected chi connectivity index (χ1v) is 5.40. The van der Waals surface area contributed by atoms with Crippen LogP contribution in [0.4, 0.5) is 4.79 Å². The molecule has 2 aliphatic heterocycles. The quantitative estimate of drug-likeness (QED) is 0.691. The second kappa shape index (κ2) is 9.78. The number of aliphatic imine (C=N–C) groups is 1. The SMILES string of the molecule is C1CCC2=NCCCN2CC1.O=C(O)O.[CsH]. The van der Waals surface area contributed by atoms with Gasteiger partial charge in [-0.25, -0.2) is 4.79 Å². The van der Waals surface area contributed by atoms with Crippen LogP contribution in [0.15, 0.2) is 4.99 Å². The average Bonchev–Trinajstić information content (AvgIpc) is 2.41. The van der Waals surface area contributed by atoms with Crippen molar-refractivity contribution >= 4 is 80.9 Å². The molecule has 5 nitrogen and oxygen atoms in total. The molecule has 0 atom stereocenters. The summed E-state index contributed by atoms with van der Waals surface area (Å²) in [7, 11) is 0. The van der Waals surface area contributed by atoms with Crippen LogP contribution in [0.5, 0.6) is 0 Å². The normalized spacial score (nSPS) is 19.0. The monoisotopic (exact) mass is 348 g/mol. The van der Waals surface area contributed by atoms with E-state index in [2.05, 4.69) is 9.89 Å². The Kier molecular flexibility index (Phi) is 10.3. The predicted molar refractivity (Wildman–Crippen MR) is 64.8 cm³/mol. The zero-order chi connectivity index (χ0) is 11.1. The first-order chi connectivity index (χ1) is 7.20. The Labute approximate surface area is 155 Å². The molecule has 1 fully saturated rings. The van der Waals surface area contributed by atoms with Gasteiger partial charge >= 0.3 is 75.0 Å². The summed E-state index contributed by atoms with van der Waals surface area (Å²) in [5.41, 5.74) is 0. The van der Waals surface area contributed by atoms with Crippen LogP contribution in [-0.4, -0.2) is 116 Å². The van der Waals surface area contributed by atoms with Gasteiger partial charge in [0, 0.05) is 26.1 Å². The van der Waals surface area contributed by atoms with E-state index in [0.29, 0.717) is 0 Å². The first kappa shape index (κ1) is 16.8. The van der Waals surface area contributed by atoms with Crippen LogP contribution in [0.2, 0.25) is 0 Å². The maximum atomic E-state index is 8.56. The fraction of sp³-hybridized carbons (Fsp3) is 0.800. The summed E-state index contributed by atoms with van der Waals surface area (Å²) < 4.78 is 0. The Balaban J connectivity index is 0.000000397. The Hall–Kier alpha value is 0.792. The predicted octanol–water partition coefficient (Wildman–Crippen LogP) is 1.24. The van der Waals surface area contributed by atoms with Crippen molar-refractivity contribution in [1.29, 1.82) is 0 Å². The minimum atomic E-state index is -1.83. The number of carbonyl (C=O) groups is 1. The van der Waals surface area contributed by atoms with Crippen molar-refractivity contribution in [3.05, 3.63) is 0 Å². The molecule has 16 heavy (non-hydrogen) atoms. The number of amidine groups is 1. The fourth-order valence-electron chi connectivity index (χ4n) is 1.94. The molecule has 0 aromatic rings. The van der Waals surface area contributed by atoms with Crippen LogP contribution in [0, 0.1) is 0 Å². The van der Waals surface area contributed by atoms with Crippen LogP contribution in [-0.2, 0) is 0 Å². The van der Waals surface area contributed by atoms with Crippen LogP contribution in [0.25, 0.3) is 0 Å². The molecule has 0 unspecified atom stereocenters. The maximum absolute atomic E-state index is 8.56. The molecule has 0 bridgehead atoms. The number of hydrogen-bond donors (Lipinski definition) is 2. The van der Waals surface area contributed by atoms with E-state index in [1.807, 2.05) is 0 Å². The van der Waals surface area contributed by atoms with Crippen LogP contribution < -0.4 is 0 Å². The minimum absolute atomic E-state index is 0. The van der Waals surface area contributed by atoms with Crippen molar-refractivity contribution in [2.75, 3.05) is 19.6 Å². The molecule has 0 aromatic heterocycles. The van der Waals surface area contributed by atoms with Crippen LogP contribution in [0.1, 0.15) is 32.1 Å². The summed E-state index contributed by atoms with van der Waals surface area (Å²) in [4.78, 5) is 15.6. The van der Waals surface area contributed by atoms with Gasteiger partial charge in [-0.15, -0.1) is 0 Å². The molecule has 1 saturated heterocycles. The number of rotatable bonds is 0. The molecular weight excluding hydrogens is 329 g/mol. The zero-order valence-corrected chi connectivity index (χ0v) is 8.85. The van der Waals surface area contributed by atoms with Gasteiger partial charge in [0.2, 0.25) is 0 Å². The molecule has 0 amide bonds. The molecule has 2 heterocycles. The second-order valence-corrected chi connectivity index (χ2v) is 3.73. The molecule has 0 spiro atoms. The van der Waals surface area contributed by atoms with Crippen LogP contribution >= 0.6 is 0 Å². The number of nitrogens with zero attached hydrogens (tertiary/aromatic N) is 2. The van der Waals surface area contributed by atoms with Crippen molar-refractivity contribution in [2.45, 2.75) is 32.1 Å². The van der Waals surface area contributed by atoms with E-state index in [9.17, 15) is 0 Å². The van der Waals surface area contributed by atoms with Crippen LogP contribution in [0.3, 0.4) is 0 Å². The van der Waals surface area contributed by atoms with Gasteiger partial charge in [-0.3, -0.25) is 4.99 Å². The Morgan fingerprint density at radius 2 is 1.75 bits per heavy atom. The second-order valence-electron chi connectivity index (χ2n) is 3.73. The third-order valence-corrected chi connectivity index (χ3v) is 2.57. The van der Waals surface area contributed by atoms with Gasteiger partial charge in [-0.05, 0) is 19.3 Å². The number of hydrogen-bond acceptors (Lipinski definition) is 3. The molecule has 0 saturated carbocycles. The van der Waals surface area contributed by atoms with Gasteiger partial charge < -0.3 is 15.1 Å². The number of carboxylic acid groups (broad SMARTS) is 2. The molecule has 6 heteroatoms. The van der Waals surface area contributed by atoms with Gasteiger partial charge in [-0.2, -0.15) is 0 Å². The number of fused-ring (bicyclic) bond motifs is 1. The van der Waals surface area contributed by atoms with E-state index >= 15 is 0 Å². The van der Waals surface area contributed by atoms with Crippen molar-refractivity contribution in [3.8, 4) is 0 Å². The molecule has 88 valence electrons. The van der Waals surface area contributed by atoms with Gasteiger partial charge in [0.05, 0.1) is 5.84 Å². The summed E-state index contributed by atoms with van der Waals surface area (Å²) in [5, 5.41) is 13.9. The van der Waals surface area contributed by atoms with Gasteiger partial charge in [0.25, 0.3) is 0 Å². The fourth-order valence-corrected chi connectivity index (χ4v) is 1.94. The molecule has 0 aromatic carbocycles. The zero-order valence-electron chi connectivity index (χ0n) is 8.85. The summed E-state index contributed by atoms with van der Waals surface area (Å²) in [6, 6.07) is 0. The molecule has 2 rings (SSSR count). The molecular formula is C10H19CsN2O3. The third-order valence-electron chi connectivity index (χ3n) is 2.57. The molecule has 0 radical (unpaired) electrons. The summed E-state index contributed by atoms with van der Waals surface area (Å²) in [6.07, 6.45) is 4.80. The summed E-state index contributed by atoms with van der Waals surface area (Å²) in [6.45, 7) is 3.60. The van der Waals surface area contributed by atoms with E-state index in [1.165, 1.54) is 51.0 Å². The molecule has 0 aliphatic carbocycles. The van der Waals surface area contributed by atoms with E-state index < -0.39 is 6.16 Å². The topological polar surface area (TPSA) is 73.1 Å². The van der Waals surface area contributed by atoms with E-state index in [1.54, 1.807) is 0 Å². The third kappa shape index (κ3) is 7.18.